The number of benzene rings is 3. The summed E-state index contributed by atoms with van der Waals surface area (Å²) in [7, 11) is -9.06. The second-order valence-electron chi connectivity index (χ2n) is 8.37. The zero-order chi connectivity index (χ0) is 25.6. The molecule has 0 heterocycles. The molecule has 188 valence electrons. The number of hydrogen-bond donors (Lipinski definition) is 2. The molecule has 0 spiro atoms. The van der Waals surface area contributed by atoms with Crippen LogP contribution in [0.3, 0.4) is 0 Å². The lowest BCUT2D eigenvalue weighted by molar-refractivity contribution is 0.257. The highest BCUT2D eigenvalue weighted by Gasteiger charge is 2.43. The van der Waals surface area contributed by atoms with Gasteiger partial charge in [0.2, 0.25) is 10.0 Å². The fourth-order valence-corrected chi connectivity index (χ4v) is 7.36. The quantitative estimate of drug-likeness (QED) is 0.342. The van der Waals surface area contributed by atoms with Crippen LogP contribution in [0.4, 0.5) is 4.39 Å². The molecule has 0 aromatic heterocycles. The smallest absolute Gasteiger partial charge is 0.343 e. The summed E-state index contributed by atoms with van der Waals surface area (Å²) in [5.41, 5.74) is 2.16. The van der Waals surface area contributed by atoms with Crippen LogP contribution in [0.5, 0.6) is 5.75 Å². The van der Waals surface area contributed by atoms with Gasteiger partial charge < -0.3 is 14.5 Å². The van der Waals surface area contributed by atoms with Crippen LogP contribution in [0.15, 0.2) is 83.8 Å². The lowest BCUT2D eigenvalue weighted by Crippen LogP contribution is -2.42. The second kappa shape index (κ2) is 11.5. The van der Waals surface area contributed by atoms with Gasteiger partial charge in [-0.25, -0.2) is 12.8 Å². The number of sulfonamides is 1. The molecule has 0 radical (unpaired) electrons. The molecule has 0 aliphatic heterocycles. The van der Waals surface area contributed by atoms with E-state index in [0.29, 0.717) is 11.3 Å². The predicted molar refractivity (Wildman–Crippen MR) is 133 cm³/mol. The summed E-state index contributed by atoms with van der Waals surface area (Å²) in [5.74, 6) is -1.63. The number of halogens is 1. The van der Waals surface area contributed by atoms with E-state index in [-0.39, 0.29) is 18.0 Å². The van der Waals surface area contributed by atoms with E-state index in [4.69, 9.17) is 4.74 Å². The molecule has 0 fully saturated rings. The summed E-state index contributed by atoms with van der Waals surface area (Å²) < 4.78 is 58.1. The third-order valence-corrected chi connectivity index (χ3v) is 8.97. The van der Waals surface area contributed by atoms with Crippen LogP contribution in [0.2, 0.25) is 0 Å². The third-order valence-electron chi connectivity index (χ3n) is 5.41. The van der Waals surface area contributed by atoms with Crippen molar-refractivity contribution in [3.05, 3.63) is 84.4 Å². The van der Waals surface area contributed by atoms with Crippen LogP contribution in [0, 0.1) is 5.92 Å². The molecule has 2 N–H and O–H groups in total. The molecule has 0 aliphatic carbocycles. The molecule has 10 heteroatoms. The largest absolute Gasteiger partial charge is 0.491 e. The molecule has 3 aromatic carbocycles. The molecule has 1 atom stereocenters. The van der Waals surface area contributed by atoms with E-state index in [1.165, 1.54) is 12.1 Å². The van der Waals surface area contributed by atoms with Crippen molar-refractivity contribution in [3.8, 4) is 16.9 Å². The standard InChI is InChI=1S/C25H29FNO6PS/c1-19(2)25(34(28,29)30)27(18-20-6-4-3-5-7-20)35(31,32)24-14-10-22(11-15-24)21-8-12-23(13-9-21)33-17-16-26/h3-15,19,25H,16-18H2,1-2H3,(H2,28,29,30). The topological polar surface area (TPSA) is 104 Å². The summed E-state index contributed by atoms with van der Waals surface area (Å²) in [6.45, 7) is 2.37. The molecule has 1 unspecified atom stereocenters. The Kier molecular flexibility index (Phi) is 8.85. The Bertz CT molecular complexity index is 1250. The van der Waals surface area contributed by atoms with E-state index in [0.717, 1.165) is 15.4 Å². The minimum atomic E-state index is -4.80. The molecule has 0 saturated carbocycles. The van der Waals surface area contributed by atoms with Gasteiger partial charge in [-0.1, -0.05) is 68.4 Å². The van der Waals surface area contributed by atoms with Crippen molar-refractivity contribution in [1.82, 2.24) is 4.31 Å². The number of ether oxygens (including phenoxy) is 1. The number of hydrogen-bond acceptors (Lipinski definition) is 4. The van der Waals surface area contributed by atoms with Gasteiger partial charge in [0.25, 0.3) is 0 Å². The van der Waals surface area contributed by atoms with E-state index >= 15 is 0 Å². The van der Waals surface area contributed by atoms with Crippen molar-refractivity contribution in [1.29, 1.82) is 0 Å². The maximum absolute atomic E-state index is 13.7. The van der Waals surface area contributed by atoms with Gasteiger partial charge >= 0.3 is 7.60 Å². The maximum atomic E-state index is 13.7. The van der Waals surface area contributed by atoms with Gasteiger partial charge in [-0.05, 0) is 46.9 Å². The van der Waals surface area contributed by atoms with Crippen molar-refractivity contribution in [2.24, 2.45) is 5.92 Å². The Balaban J connectivity index is 1.95. The van der Waals surface area contributed by atoms with Crippen LogP contribution >= 0.6 is 7.60 Å². The van der Waals surface area contributed by atoms with Gasteiger partial charge in [0.15, 0.2) is 0 Å². The molecule has 35 heavy (non-hydrogen) atoms. The Morgan fingerprint density at radius 2 is 1.46 bits per heavy atom. The first-order valence-electron chi connectivity index (χ1n) is 11.0. The Morgan fingerprint density at radius 3 is 1.94 bits per heavy atom. The maximum Gasteiger partial charge on any atom is 0.343 e. The molecule has 0 saturated heterocycles. The summed E-state index contributed by atoms with van der Waals surface area (Å²) >= 11 is 0. The van der Waals surface area contributed by atoms with Gasteiger partial charge in [0.1, 0.15) is 24.8 Å². The first kappa shape index (κ1) is 27.0. The highest BCUT2D eigenvalue weighted by atomic mass is 32.2. The van der Waals surface area contributed by atoms with Crippen molar-refractivity contribution < 1.29 is 31.9 Å². The number of alkyl halides is 1. The van der Waals surface area contributed by atoms with E-state index in [1.807, 2.05) is 0 Å². The highest BCUT2D eigenvalue weighted by Crippen LogP contribution is 2.48. The first-order valence-corrected chi connectivity index (χ1v) is 14.2. The zero-order valence-corrected chi connectivity index (χ0v) is 21.2. The second-order valence-corrected chi connectivity index (χ2v) is 12.0. The van der Waals surface area contributed by atoms with Crippen molar-refractivity contribution >= 4 is 17.6 Å². The normalized spacial score (nSPS) is 13.2. The molecular formula is C25H29FNO6PS. The minimum Gasteiger partial charge on any atom is -0.491 e. The average Bonchev–Trinajstić information content (AvgIpc) is 2.82. The van der Waals surface area contributed by atoms with Gasteiger partial charge in [-0.15, -0.1) is 0 Å². The molecule has 7 nitrogen and oxygen atoms in total. The summed E-state index contributed by atoms with van der Waals surface area (Å²) in [6, 6.07) is 21.8. The first-order chi connectivity index (χ1) is 16.5. The van der Waals surface area contributed by atoms with Crippen LogP contribution in [0.1, 0.15) is 19.4 Å². The van der Waals surface area contributed by atoms with Gasteiger partial charge in [0, 0.05) is 6.54 Å². The minimum absolute atomic E-state index is 0.0304. The fourth-order valence-electron chi connectivity index (χ4n) is 3.83. The fraction of sp³-hybridized carbons (Fsp3) is 0.280. The highest BCUT2D eigenvalue weighted by molar-refractivity contribution is 7.89. The molecule has 3 aromatic rings. The zero-order valence-electron chi connectivity index (χ0n) is 19.5. The van der Waals surface area contributed by atoms with Crippen molar-refractivity contribution in [3.63, 3.8) is 0 Å². The number of rotatable bonds is 11. The Hall–Kier alpha value is -2.55. The van der Waals surface area contributed by atoms with Gasteiger partial charge in [-0.3, -0.25) is 4.57 Å². The van der Waals surface area contributed by atoms with Crippen LogP contribution in [0.25, 0.3) is 11.1 Å². The van der Waals surface area contributed by atoms with Gasteiger partial charge in [0.05, 0.1) is 4.90 Å². The molecule has 3 rings (SSSR count). The monoisotopic (exact) mass is 521 g/mol. The van der Waals surface area contributed by atoms with E-state index in [2.05, 4.69) is 0 Å². The van der Waals surface area contributed by atoms with Crippen molar-refractivity contribution in [2.45, 2.75) is 31.1 Å². The van der Waals surface area contributed by atoms with E-state index < -0.39 is 36.0 Å². The Morgan fingerprint density at radius 1 is 0.914 bits per heavy atom. The summed E-state index contributed by atoms with van der Waals surface area (Å²) in [6.07, 6.45) is 0. The van der Waals surface area contributed by atoms with E-state index in [1.54, 1.807) is 80.6 Å². The average molecular weight is 522 g/mol. The lowest BCUT2D eigenvalue weighted by Gasteiger charge is -2.33. The third kappa shape index (κ3) is 6.78. The van der Waals surface area contributed by atoms with Crippen molar-refractivity contribution in [2.75, 3.05) is 13.3 Å². The molecule has 0 bridgehead atoms. The molecule has 0 aliphatic rings. The lowest BCUT2D eigenvalue weighted by atomic mass is 10.1. The SMILES string of the molecule is CC(C)C(N(Cc1ccccc1)S(=O)(=O)c1ccc(-c2ccc(OCCF)cc2)cc1)P(=O)(O)O. The predicted octanol–water partition coefficient (Wildman–Crippen LogP) is 5.05. The van der Waals surface area contributed by atoms with Crippen LogP contribution in [-0.2, 0) is 21.1 Å². The summed E-state index contributed by atoms with van der Waals surface area (Å²) in [5, 5.41) is 0. The molecule has 0 amide bonds. The van der Waals surface area contributed by atoms with Crippen LogP contribution < -0.4 is 4.74 Å². The van der Waals surface area contributed by atoms with Gasteiger partial charge in [-0.2, -0.15) is 4.31 Å². The van der Waals surface area contributed by atoms with E-state index in [9.17, 15) is 27.2 Å². The summed E-state index contributed by atoms with van der Waals surface area (Å²) in [4.78, 5) is 20.0. The Labute approximate surface area is 205 Å². The molecular weight excluding hydrogens is 492 g/mol. The van der Waals surface area contributed by atoms with Crippen LogP contribution in [-0.4, -0.2) is 41.6 Å². The number of nitrogens with zero attached hydrogens (tertiary/aromatic N) is 1.